The van der Waals surface area contributed by atoms with Gasteiger partial charge >= 0.3 is 12.1 Å². The van der Waals surface area contributed by atoms with Gasteiger partial charge in [-0.3, -0.25) is 4.90 Å². The zero-order chi connectivity index (χ0) is 21.2. The number of phenolic OH excluding ortho intramolecular Hbond substituents is 2. The van der Waals surface area contributed by atoms with Gasteiger partial charge in [-0.2, -0.15) is 13.2 Å². The molecular weight excluding hydrogens is 377 g/mol. The van der Waals surface area contributed by atoms with Crippen LogP contribution in [0.15, 0.2) is 48.5 Å². The topological polar surface area (TPSA) is 107 Å². The van der Waals surface area contributed by atoms with Gasteiger partial charge in [-0.15, -0.1) is 0 Å². The van der Waals surface area contributed by atoms with Gasteiger partial charge in [0.2, 0.25) is 0 Å². The minimum absolute atomic E-state index is 0.283. The van der Waals surface area contributed by atoms with Crippen LogP contribution in [0.2, 0.25) is 0 Å². The van der Waals surface area contributed by atoms with Gasteiger partial charge in [0.25, 0.3) is 0 Å². The molecule has 154 valence electrons. The number of carboxylic acids is 1. The average Bonchev–Trinajstić information content (AvgIpc) is 2.63. The third-order valence-electron chi connectivity index (χ3n) is 3.61. The van der Waals surface area contributed by atoms with Crippen LogP contribution in [-0.2, 0) is 17.9 Å². The quantitative estimate of drug-likeness (QED) is 0.569. The van der Waals surface area contributed by atoms with Gasteiger partial charge in [0.05, 0.1) is 0 Å². The van der Waals surface area contributed by atoms with Crippen LogP contribution >= 0.6 is 0 Å². The number of hydrogen-bond donors (Lipinski definition) is 4. The van der Waals surface area contributed by atoms with E-state index in [9.17, 15) is 23.4 Å². The third-order valence-corrected chi connectivity index (χ3v) is 3.61. The average molecular weight is 400 g/mol. The number of aromatic hydroxyl groups is 2. The summed E-state index contributed by atoms with van der Waals surface area (Å²) in [6.45, 7) is 3.20. The number of halogens is 3. The SMILES string of the molecule is NCCCN(Cc1ccc(O)cc1)Cc1ccc(O)cc1.O=C(O)C(F)(F)F. The number of carboxylic acid groups (broad SMARTS) is 1. The zero-order valence-corrected chi connectivity index (χ0v) is 15.1. The van der Waals surface area contributed by atoms with E-state index >= 15 is 0 Å². The lowest BCUT2D eigenvalue weighted by atomic mass is 10.1. The molecule has 0 atom stereocenters. The molecule has 5 N–H and O–H groups in total. The Hall–Kier alpha value is -2.78. The fraction of sp³-hybridized carbons (Fsp3) is 0.316. The second-order valence-corrected chi connectivity index (χ2v) is 5.99. The van der Waals surface area contributed by atoms with E-state index in [4.69, 9.17) is 15.6 Å². The Bertz CT molecular complexity index is 672. The van der Waals surface area contributed by atoms with E-state index in [-0.39, 0.29) is 11.5 Å². The number of nitrogens with zero attached hydrogens (tertiary/aromatic N) is 1. The summed E-state index contributed by atoms with van der Waals surface area (Å²) in [5.41, 5.74) is 7.92. The first-order chi connectivity index (χ1) is 13.1. The number of aliphatic carboxylic acids is 1. The Morgan fingerprint density at radius 2 is 1.25 bits per heavy atom. The van der Waals surface area contributed by atoms with Crippen molar-refractivity contribution < 1.29 is 33.3 Å². The molecule has 2 aromatic carbocycles. The maximum absolute atomic E-state index is 10.6. The van der Waals surface area contributed by atoms with E-state index < -0.39 is 12.1 Å². The predicted octanol–water partition coefficient (Wildman–Crippen LogP) is 3.08. The number of phenols is 2. The van der Waals surface area contributed by atoms with Gasteiger partial charge in [0.1, 0.15) is 11.5 Å². The summed E-state index contributed by atoms with van der Waals surface area (Å²) in [4.78, 5) is 11.2. The van der Waals surface area contributed by atoms with Gasteiger partial charge in [0, 0.05) is 19.6 Å². The van der Waals surface area contributed by atoms with Crippen LogP contribution in [0, 0.1) is 0 Å². The van der Waals surface area contributed by atoms with Gasteiger partial charge in [0.15, 0.2) is 0 Å². The normalized spacial score (nSPS) is 11.0. The molecule has 6 nitrogen and oxygen atoms in total. The highest BCUT2D eigenvalue weighted by molar-refractivity contribution is 5.73. The highest BCUT2D eigenvalue weighted by atomic mass is 19.4. The fourth-order valence-corrected chi connectivity index (χ4v) is 2.25. The van der Waals surface area contributed by atoms with Crippen molar-refractivity contribution in [2.45, 2.75) is 25.7 Å². The number of hydrogen-bond acceptors (Lipinski definition) is 5. The van der Waals surface area contributed by atoms with Crippen molar-refractivity contribution >= 4 is 5.97 Å². The molecule has 0 saturated carbocycles. The summed E-state index contributed by atoms with van der Waals surface area (Å²) in [6, 6.07) is 14.6. The molecule has 0 bridgehead atoms. The highest BCUT2D eigenvalue weighted by Crippen LogP contribution is 2.16. The summed E-state index contributed by atoms with van der Waals surface area (Å²) >= 11 is 0. The number of alkyl halides is 3. The molecule has 0 fully saturated rings. The van der Waals surface area contributed by atoms with Crippen molar-refractivity contribution in [3.63, 3.8) is 0 Å². The molecule has 0 aliphatic carbocycles. The van der Waals surface area contributed by atoms with E-state index in [0.717, 1.165) is 37.2 Å². The molecule has 0 aliphatic rings. The molecule has 2 aromatic rings. The lowest BCUT2D eigenvalue weighted by Gasteiger charge is -2.22. The number of carbonyl (C=O) groups is 1. The Balaban J connectivity index is 0.000000480. The third kappa shape index (κ3) is 9.24. The Labute approximate surface area is 160 Å². The first kappa shape index (κ1) is 23.3. The smallest absolute Gasteiger partial charge is 0.490 e. The molecule has 0 heterocycles. The molecule has 0 radical (unpaired) electrons. The van der Waals surface area contributed by atoms with Crippen molar-refractivity contribution in [3.8, 4) is 11.5 Å². The first-order valence-electron chi connectivity index (χ1n) is 8.40. The first-order valence-corrected chi connectivity index (χ1v) is 8.40. The number of benzene rings is 2. The fourth-order valence-electron chi connectivity index (χ4n) is 2.25. The van der Waals surface area contributed by atoms with Crippen molar-refractivity contribution in [2.24, 2.45) is 5.73 Å². The molecule has 9 heteroatoms. The lowest BCUT2D eigenvalue weighted by Crippen LogP contribution is -2.25. The molecule has 0 aliphatic heterocycles. The summed E-state index contributed by atoms with van der Waals surface area (Å²) in [5.74, 6) is -2.19. The second-order valence-electron chi connectivity index (χ2n) is 5.99. The van der Waals surface area contributed by atoms with Crippen LogP contribution in [0.3, 0.4) is 0 Å². The predicted molar refractivity (Wildman–Crippen MR) is 97.7 cm³/mol. The molecule has 0 aromatic heterocycles. The van der Waals surface area contributed by atoms with E-state index in [0.29, 0.717) is 6.54 Å². The van der Waals surface area contributed by atoms with Gasteiger partial charge in [-0.25, -0.2) is 4.79 Å². The van der Waals surface area contributed by atoms with Gasteiger partial charge in [-0.05, 0) is 48.4 Å². The van der Waals surface area contributed by atoms with E-state index in [1.165, 1.54) is 0 Å². The van der Waals surface area contributed by atoms with Crippen LogP contribution in [0.1, 0.15) is 17.5 Å². The summed E-state index contributed by atoms with van der Waals surface area (Å²) in [7, 11) is 0. The van der Waals surface area contributed by atoms with Crippen LogP contribution in [-0.4, -0.2) is 45.5 Å². The van der Waals surface area contributed by atoms with Crippen molar-refractivity contribution in [2.75, 3.05) is 13.1 Å². The Kier molecular flexibility index (Phi) is 9.26. The molecule has 0 spiro atoms. The second kappa shape index (κ2) is 11.2. The minimum Gasteiger partial charge on any atom is -0.508 e. The zero-order valence-electron chi connectivity index (χ0n) is 15.1. The molecule has 2 rings (SSSR count). The monoisotopic (exact) mass is 400 g/mol. The van der Waals surface area contributed by atoms with Crippen molar-refractivity contribution in [3.05, 3.63) is 59.7 Å². The van der Waals surface area contributed by atoms with Gasteiger partial charge < -0.3 is 21.1 Å². The molecule has 28 heavy (non-hydrogen) atoms. The largest absolute Gasteiger partial charge is 0.508 e. The molecular formula is C19H23F3N2O4. The van der Waals surface area contributed by atoms with Crippen molar-refractivity contribution in [1.29, 1.82) is 0 Å². The molecule has 0 unspecified atom stereocenters. The van der Waals surface area contributed by atoms with E-state index in [1.54, 1.807) is 24.3 Å². The van der Waals surface area contributed by atoms with Crippen LogP contribution < -0.4 is 5.73 Å². The highest BCUT2D eigenvalue weighted by Gasteiger charge is 2.38. The maximum Gasteiger partial charge on any atom is 0.490 e. The van der Waals surface area contributed by atoms with Crippen LogP contribution in [0.25, 0.3) is 0 Å². The maximum atomic E-state index is 10.6. The van der Waals surface area contributed by atoms with E-state index in [1.807, 2.05) is 24.3 Å². The lowest BCUT2D eigenvalue weighted by molar-refractivity contribution is -0.192. The van der Waals surface area contributed by atoms with Crippen LogP contribution in [0.5, 0.6) is 11.5 Å². The summed E-state index contributed by atoms with van der Waals surface area (Å²) in [5, 5.41) is 25.8. The standard InChI is InChI=1S/C17H22N2O2.C2HF3O2/c18-10-1-11-19(12-14-2-6-16(20)7-3-14)13-15-4-8-17(21)9-5-15;3-2(4,5)1(6)7/h2-9,20-21H,1,10-13,18H2;(H,6,7). The van der Waals surface area contributed by atoms with E-state index in [2.05, 4.69) is 4.90 Å². The van der Waals surface area contributed by atoms with Crippen molar-refractivity contribution in [1.82, 2.24) is 4.90 Å². The number of rotatable bonds is 7. The molecule has 0 amide bonds. The number of nitrogens with two attached hydrogens (primary N) is 1. The van der Waals surface area contributed by atoms with Crippen LogP contribution in [0.4, 0.5) is 13.2 Å². The Morgan fingerprint density at radius 3 is 1.54 bits per heavy atom. The van der Waals surface area contributed by atoms with Gasteiger partial charge in [-0.1, -0.05) is 24.3 Å². The minimum atomic E-state index is -5.08. The Morgan fingerprint density at radius 1 is 0.893 bits per heavy atom. The molecule has 0 saturated heterocycles. The summed E-state index contributed by atoms with van der Waals surface area (Å²) in [6.07, 6.45) is -4.14. The summed E-state index contributed by atoms with van der Waals surface area (Å²) < 4.78 is 31.7.